The van der Waals surface area contributed by atoms with E-state index in [1.165, 1.54) is 19.8 Å². The van der Waals surface area contributed by atoms with E-state index >= 15 is 0 Å². The smallest absolute Gasteiger partial charge is 0.361 e. The zero-order valence-corrected chi connectivity index (χ0v) is 8.33. The van der Waals surface area contributed by atoms with Crippen molar-refractivity contribution in [1.82, 2.24) is 0 Å². The van der Waals surface area contributed by atoms with Crippen molar-refractivity contribution in [1.29, 1.82) is 0 Å². The Kier molecular flexibility index (Phi) is 5.17. The molecule has 1 rings (SSSR count). The van der Waals surface area contributed by atoms with E-state index in [1.807, 2.05) is 0 Å². The quantitative estimate of drug-likeness (QED) is 0.479. The average molecular weight is 227 g/mol. The summed E-state index contributed by atoms with van der Waals surface area (Å²) in [5.74, 6) is 2.07. The minimum atomic E-state index is -0.125. The van der Waals surface area contributed by atoms with Gasteiger partial charge in [0.05, 0.1) is 0 Å². The van der Waals surface area contributed by atoms with Crippen LogP contribution >= 0.6 is 0 Å². The van der Waals surface area contributed by atoms with Crippen LogP contribution in [0, 0.1) is 0 Å². The van der Waals surface area contributed by atoms with Gasteiger partial charge in [0, 0.05) is 19.8 Å². The summed E-state index contributed by atoms with van der Waals surface area (Å²) >= 11 is -0.00694. The molecule has 0 atom stereocenters. The van der Waals surface area contributed by atoms with Crippen molar-refractivity contribution in [2.45, 2.75) is 19.8 Å². The molecule has 1 aliphatic rings. The predicted octanol–water partition coefficient (Wildman–Crippen LogP) is -2.12. The first-order chi connectivity index (χ1) is 4.29. The highest BCUT2D eigenvalue weighted by Gasteiger charge is 2.28. The Morgan fingerprint density at radius 1 is 1.40 bits per heavy atom. The van der Waals surface area contributed by atoms with Crippen molar-refractivity contribution in [2.75, 3.05) is 11.5 Å². The van der Waals surface area contributed by atoms with Crippen LogP contribution in [0.25, 0.3) is 0 Å². The lowest BCUT2D eigenvalue weighted by atomic mass is 10.4. The van der Waals surface area contributed by atoms with E-state index in [9.17, 15) is 4.79 Å². The number of carbonyl (C=O) groups is 1. The molecular formula is C6H11BrO2S. The van der Waals surface area contributed by atoms with Crippen LogP contribution < -0.4 is 17.0 Å². The SMILES string of the molecule is CC(=O)O[S+]1CCCC1.[Br-]. The molecule has 2 nitrogen and oxygen atoms in total. The third-order valence-corrected chi connectivity index (χ3v) is 3.19. The first kappa shape index (κ1) is 10.3. The molecular weight excluding hydrogens is 216 g/mol. The molecule has 0 amide bonds. The fourth-order valence-corrected chi connectivity index (χ4v) is 2.63. The summed E-state index contributed by atoms with van der Waals surface area (Å²) in [7, 11) is 0. The predicted molar refractivity (Wildman–Crippen MR) is 38.1 cm³/mol. The Hall–Kier alpha value is 0.300. The first-order valence-corrected chi connectivity index (χ1v) is 4.64. The fourth-order valence-electron chi connectivity index (χ4n) is 0.877. The standard InChI is InChI=1S/C6H11O2S.BrH/c1-6(7)8-9-4-2-3-5-9;/h2-5H2,1H3;1H/q+1;/p-1. The third kappa shape index (κ3) is 3.46. The maximum Gasteiger partial charge on any atom is 0.361 e. The van der Waals surface area contributed by atoms with E-state index in [2.05, 4.69) is 0 Å². The zero-order chi connectivity index (χ0) is 6.69. The largest absolute Gasteiger partial charge is 1.00 e. The highest BCUT2D eigenvalue weighted by molar-refractivity contribution is 7.92. The van der Waals surface area contributed by atoms with Gasteiger partial charge in [-0.05, 0) is 0 Å². The van der Waals surface area contributed by atoms with Gasteiger partial charge in [-0.25, -0.2) is 8.98 Å². The summed E-state index contributed by atoms with van der Waals surface area (Å²) in [5.41, 5.74) is 0. The molecule has 1 heterocycles. The molecule has 0 radical (unpaired) electrons. The summed E-state index contributed by atoms with van der Waals surface area (Å²) in [6.07, 6.45) is 2.47. The van der Waals surface area contributed by atoms with Gasteiger partial charge in [-0.3, -0.25) is 0 Å². The van der Waals surface area contributed by atoms with E-state index in [1.54, 1.807) is 0 Å². The molecule has 4 heteroatoms. The number of rotatable bonds is 1. The van der Waals surface area contributed by atoms with Crippen LogP contribution in [0.2, 0.25) is 0 Å². The minimum Gasteiger partial charge on any atom is -1.00 e. The van der Waals surface area contributed by atoms with E-state index in [-0.39, 0.29) is 34.1 Å². The van der Waals surface area contributed by atoms with Crippen molar-refractivity contribution >= 4 is 17.1 Å². The van der Waals surface area contributed by atoms with Crippen LogP contribution in [-0.4, -0.2) is 17.5 Å². The molecule has 10 heavy (non-hydrogen) atoms. The second-order valence-electron chi connectivity index (χ2n) is 2.13. The molecule has 1 saturated heterocycles. The molecule has 0 unspecified atom stereocenters. The minimum absolute atomic E-state index is 0. The van der Waals surface area contributed by atoms with Gasteiger partial charge >= 0.3 is 5.97 Å². The van der Waals surface area contributed by atoms with Crippen LogP contribution in [-0.2, 0) is 20.2 Å². The second-order valence-corrected chi connectivity index (χ2v) is 3.99. The van der Waals surface area contributed by atoms with E-state index < -0.39 is 0 Å². The van der Waals surface area contributed by atoms with Gasteiger partial charge in [0.15, 0.2) is 11.5 Å². The summed E-state index contributed by atoms with van der Waals surface area (Å²) in [6, 6.07) is 0. The first-order valence-electron chi connectivity index (χ1n) is 3.15. The highest BCUT2D eigenvalue weighted by atomic mass is 79.9. The van der Waals surface area contributed by atoms with Crippen LogP contribution in [0.5, 0.6) is 0 Å². The molecule has 0 N–H and O–H groups in total. The maximum atomic E-state index is 10.4. The van der Waals surface area contributed by atoms with Crippen molar-refractivity contribution in [2.24, 2.45) is 0 Å². The molecule has 1 aliphatic heterocycles. The number of carbonyl (C=O) groups excluding carboxylic acids is 1. The second kappa shape index (κ2) is 5.02. The van der Waals surface area contributed by atoms with E-state index in [4.69, 9.17) is 4.18 Å². The average Bonchev–Trinajstić information content (AvgIpc) is 2.15. The van der Waals surface area contributed by atoms with Crippen LogP contribution in [0.4, 0.5) is 0 Å². The van der Waals surface area contributed by atoms with Gasteiger partial charge in [-0.1, -0.05) is 0 Å². The lowest BCUT2D eigenvalue weighted by Gasteiger charge is -1.93. The third-order valence-electron chi connectivity index (χ3n) is 1.23. The lowest BCUT2D eigenvalue weighted by molar-refractivity contribution is -0.130. The Morgan fingerprint density at radius 3 is 2.30 bits per heavy atom. The summed E-state index contributed by atoms with van der Waals surface area (Å²) in [5, 5.41) is 0. The molecule has 0 aromatic heterocycles. The fraction of sp³-hybridized carbons (Fsp3) is 0.833. The Morgan fingerprint density at radius 2 is 1.90 bits per heavy atom. The van der Waals surface area contributed by atoms with Gasteiger partial charge in [0.25, 0.3) is 0 Å². The van der Waals surface area contributed by atoms with Crippen molar-refractivity contribution in [3.05, 3.63) is 0 Å². The van der Waals surface area contributed by atoms with Gasteiger partial charge in [0.1, 0.15) is 0 Å². The molecule has 0 aromatic rings. The van der Waals surface area contributed by atoms with E-state index in [0.29, 0.717) is 0 Å². The molecule has 0 bridgehead atoms. The number of hydrogen-bond donors (Lipinski definition) is 0. The van der Waals surface area contributed by atoms with Gasteiger partial charge in [-0.2, -0.15) is 0 Å². The summed E-state index contributed by atoms with van der Waals surface area (Å²) in [4.78, 5) is 10.4. The Labute approximate surface area is 74.6 Å². The lowest BCUT2D eigenvalue weighted by Crippen LogP contribution is -3.00. The summed E-state index contributed by atoms with van der Waals surface area (Å²) < 4.78 is 5.00. The van der Waals surface area contributed by atoms with Crippen LogP contribution in [0.15, 0.2) is 0 Å². The molecule has 1 fully saturated rings. The van der Waals surface area contributed by atoms with Gasteiger partial charge in [0.2, 0.25) is 11.2 Å². The summed E-state index contributed by atoms with van der Waals surface area (Å²) in [6.45, 7) is 1.48. The maximum absolute atomic E-state index is 10.4. The number of halogens is 1. The topological polar surface area (TPSA) is 26.3 Å². The molecule has 0 aromatic carbocycles. The molecule has 0 saturated carbocycles. The zero-order valence-electron chi connectivity index (χ0n) is 5.93. The molecule has 0 spiro atoms. The Balaban J connectivity index is 0.000000810. The monoisotopic (exact) mass is 226 g/mol. The van der Waals surface area contributed by atoms with E-state index in [0.717, 1.165) is 11.5 Å². The van der Waals surface area contributed by atoms with Crippen molar-refractivity contribution in [3.63, 3.8) is 0 Å². The molecule has 0 aliphatic carbocycles. The number of hydrogen-bond acceptors (Lipinski definition) is 2. The highest BCUT2D eigenvalue weighted by Crippen LogP contribution is 2.14. The molecule has 60 valence electrons. The Bertz CT molecular complexity index is 112. The van der Waals surface area contributed by atoms with Gasteiger partial charge < -0.3 is 17.0 Å². The van der Waals surface area contributed by atoms with Crippen molar-refractivity contribution < 1.29 is 26.0 Å². The van der Waals surface area contributed by atoms with Gasteiger partial charge in [-0.15, -0.1) is 0 Å². The normalized spacial score (nSPS) is 18.1. The van der Waals surface area contributed by atoms with Crippen LogP contribution in [0.3, 0.4) is 0 Å². The van der Waals surface area contributed by atoms with Crippen LogP contribution in [0.1, 0.15) is 19.8 Å². The van der Waals surface area contributed by atoms with Crippen molar-refractivity contribution in [3.8, 4) is 0 Å².